The van der Waals surface area contributed by atoms with Crippen LogP contribution in [0.4, 0.5) is 4.39 Å². The molecule has 0 aliphatic rings. The van der Waals surface area contributed by atoms with Crippen molar-refractivity contribution in [2.75, 3.05) is 0 Å². The van der Waals surface area contributed by atoms with Crippen molar-refractivity contribution in [3.63, 3.8) is 0 Å². The lowest BCUT2D eigenvalue weighted by Gasteiger charge is -2.14. The van der Waals surface area contributed by atoms with E-state index in [2.05, 4.69) is 4.72 Å². The Morgan fingerprint density at radius 2 is 2.14 bits per heavy atom. The Balaban J connectivity index is 2.32. The van der Waals surface area contributed by atoms with E-state index in [1.54, 1.807) is 6.92 Å². The maximum absolute atomic E-state index is 13.5. The monoisotopic (exact) mass is 344 g/mol. The van der Waals surface area contributed by atoms with Crippen LogP contribution in [0.25, 0.3) is 0 Å². The molecule has 0 spiro atoms. The lowest BCUT2D eigenvalue weighted by molar-refractivity contribution is 0.566. The van der Waals surface area contributed by atoms with Gasteiger partial charge in [0.05, 0.1) is 4.90 Å². The van der Waals surface area contributed by atoms with E-state index in [-0.39, 0.29) is 21.5 Å². The molecule has 0 saturated carbocycles. The number of hydrogen-bond acceptors (Lipinski definition) is 4. The lowest BCUT2D eigenvalue weighted by atomic mass is 10.2. The number of benzene rings is 1. The Morgan fingerprint density at radius 3 is 2.71 bits per heavy atom. The summed E-state index contributed by atoms with van der Waals surface area (Å²) in [6.45, 7) is 1.73. The van der Waals surface area contributed by atoms with Crippen molar-refractivity contribution in [3.8, 4) is 0 Å². The fourth-order valence-electron chi connectivity index (χ4n) is 1.75. The topological polar surface area (TPSA) is 72.2 Å². The van der Waals surface area contributed by atoms with Gasteiger partial charge in [0, 0.05) is 11.6 Å². The van der Waals surface area contributed by atoms with Crippen LogP contribution in [0, 0.1) is 5.82 Å². The van der Waals surface area contributed by atoms with Gasteiger partial charge in [0.2, 0.25) is 10.0 Å². The van der Waals surface area contributed by atoms with E-state index in [9.17, 15) is 12.8 Å². The molecule has 0 bridgehead atoms. The molecular formula is C13H13FN2O2S3. The number of sulfonamides is 1. The third-order valence-electron chi connectivity index (χ3n) is 2.89. The summed E-state index contributed by atoms with van der Waals surface area (Å²) >= 11 is 6.19. The van der Waals surface area contributed by atoms with Crippen molar-refractivity contribution >= 4 is 38.6 Å². The van der Waals surface area contributed by atoms with E-state index in [1.165, 1.54) is 17.4 Å². The highest BCUT2D eigenvalue weighted by atomic mass is 32.2. The highest BCUT2D eigenvalue weighted by Gasteiger charge is 2.20. The van der Waals surface area contributed by atoms with Crippen LogP contribution in [0.5, 0.6) is 0 Å². The number of hydrogen-bond donors (Lipinski definition) is 2. The number of thiocarbonyl (C=S) groups is 1. The first-order chi connectivity index (χ1) is 9.81. The molecule has 2 aromatic rings. The molecule has 2 rings (SSSR count). The van der Waals surface area contributed by atoms with E-state index >= 15 is 0 Å². The molecule has 1 heterocycles. The fourth-order valence-corrected chi connectivity index (χ4v) is 3.92. The van der Waals surface area contributed by atoms with Gasteiger partial charge >= 0.3 is 0 Å². The van der Waals surface area contributed by atoms with Gasteiger partial charge in [-0.2, -0.15) is 11.3 Å². The van der Waals surface area contributed by atoms with E-state index in [4.69, 9.17) is 18.0 Å². The maximum atomic E-state index is 13.5. The zero-order valence-electron chi connectivity index (χ0n) is 11.0. The van der Waals surface area contributed by atoms with Gasteiger partial charge in [-0.15, -0.1) is 0 Å². The standard InChI is InChI=1S/C13H13FN2O2S3/c1-8(9-4-5-20-7-9)16-21(17,18)10-2-3-12(14)11(6-10)13(15)19/h2-8,16H,1H3,(H2,15,19). The van der Waals surface area contributed by atoms with Crippen LogP contribution < -0.4 is 10.5 Å². The van der Waals surface area contributed by atoms with Gasteiger partial charge in [-0.3, -0.25) is 0 Å². The predicted molar refractivity (Wildman–Crippen MR) is 85.3 cm³/mol. The molecule has 3 N–H and O–H groups in total. The first kappa shape index (κ1) is 16.0. The summed E-state index contributed by atoms with van der Waals surface area (Å²) in [5.74, 6) is -0.646. The van der Waals surface area contributed by atoms with Gasteiger partial charge in [-0.05, 0) is 47.5 Å². The highest BCUT2D eigenvalue weighted by Crippen LogP contribution is 2.20. The zero-order valence-corrected chi connectivity index (χ0v) is 13.5. The van der Waals surface area contributed by atoms with Crippen LogP contribution in [0.3, 0.4) is 0 Å². The Kier molecular flexibility index (Phi) is 4.72. The highest BCUT2D eigenvalue weighted by molar-refractivity contribution is 7.89. The molecule has 21 heavy (non-hydrogen) atoms. The van der Waals surface area contributed by atoms with Crippen LogP contribution in [0.1, 0.15) is 24.1 Å². The van der Waals surface area contributed by atoms with Crippen LogP contribution in [0.15, 0.2) is 39.9 Å². The van der Waals surface area contributed by atoms with Crippen molar-refractivity contribution < 1.29 is 12.8 Å². The number of nitrogens with two attached hydrogens (primary N) is 1. The third-order valence-corrected chi connectivity index (χ3v) is 5.35. The van der Waals surface area contributed by atoms with Gasteiger partial charge < -0.3 is 5.73 Å². The number of rotatable bonds is 5. The molecular weight excluding hydrogens is 331 g/mol. The number of halogens is 1. The van der Waals surface area contributed by atoms with Gasteiger partial charge in [0.15, 0.2) is 0 Å². The summed E-state index contributed by atoms with van der Waals surface area (Å²) in [7, 11) is -3.79. The van der Waals surface area contributed by atoms with Crippen molar-refractivity contribution in [3.05, 3.63) is 52.0 Å². The molecule has 0 radical (unpaired) electrons. The van der Waals surface area contributed by atoms with Crippen molar-refractivity contribution in [2.24, 2.45) is 5.73 Å². The molecule has 0 saturated heterocycles. The lowest BCUT2D eigenvalue weighted by Crippen LogP contribution is -2.27. The number of nitrogens with one attached hydrogen (secondary N) is 1. The van der Waals surface area contributed by atoms with E-state index in [1.807, 2.05) is 16.8 Å². The molecule has 1 aromatic carbocycles. The quantitative estimate of drug-likeness (QED) is 0.818. The average molecular weight is 344 g/mol. The minimum absolute atomic E-state index is 0.0752. The number of thiophene rings is 1. The Morgan fingerprint density at radius 1 is 1.43 bits per heavy atom. The van der Waals surface area contributed by atoms with Gasteiger partial charge in [0.1, 0.15) is 10.8 Å². The first-order valence-electron chi connectivity index (χ1n) is 5.95. The van der Waals surface area contributed by atoms with E-state index in [0.717, 1.165) is 17.7 Å². The zero-order chi connectivity index (χ0) is 15.6. The second-order valence-electron chi connectivity index (χ2n) is 4.41. The molecule has 1 aromatic heterocycles. The van der Waals surface area contributed by atoms with Crippen LogP contribution >= 0.6 is 23.6 Å². The second kappa shape index (κ2) is 6.18. The molecule has 0 fully saturated rings. The van der Waals surface area contributed by atoms with E-state index < -0.39 is 15.8 Å². The van der Waals surface area contributed by atoms with Crippen LogP contribution in [-0.4, -0.2) is 13.4 Å². The summed E-state index contributed by atoms with van der Waals surface area (Å²) in [5.41, 5.74) is 6.16. The maximum Gasteiger partial charge on any atom is 0.241 e. The molecule has 8 heteroatoms. The van der Waals surface area contributed by atoms with Crippen LogP contribution in [0.2, 0.25) is 0 Å². The molecule has 1 unspecified atom stereocenters. The van der Waals surface area contributed by atoms with Crippen LogP contribution in [-0.2, 0) is 10.0 Å². The summed E-state index contributed by atoms with van der Waals surface area (Å²) in [5, 5.41) is 3.72. The summed E-state index contributed by atoms with van der Waals surface area (Å²) < 4.78 is 40.7. The first-order valence-corrected chi connectivity index (χ1v) is 8.78. The van der Waals surface area contributed by atoms with Gasteiger partial charge in [0.25, 0.3) is 0 Å². The average Bonchev–Trinajstić information content (AvgIpc) is 2.92. The smallest absolute Gasteiger partial charge is 0.241 e. The largest absolute Gasteiger partial charge is 0.389 e. The van der Waals surface area contributed by atoms with E-state index in [0.29, 0.717) is 0 Å². The molecule has 0 aliphatic carbocycles. The summed E-state index contributed by atoms with van der Waals surface area (Å²) in [4.78, 5) is -0.260. The SMILES string of the molecule is CC(NS(=O)(=O)c1ccc(F)c(C(N)=S)c1)c1ccsc1. The molecule has 1 atom stereocenters. The van der Waals surface area contributed by atoms with Gasteiger partial charge in [-0.1, -0.05) is 12.2 Å². The predicted octanol–water partition coefficient (Wildman–Crippen LogP) is 2.56. The molecule has 112 valence electrons. The Bertz CT molecular complexity index is 758. The van der Waals surface area contributed by atoms with Crippen molar-refractivity contribution in [1.29, 1.82) is 0 Å². The normalized spacial score (nSPS) is 13.0. The Hall–Kier alpha value is -1.35. The molecule has 4 nitrogen and oxygen atoms in total. The second-order valence-corrected chi connectivity index (χ2v) is 7.34. The Labute approximate surface area is 131 Å². The molecule has 0 amide bonds. The fraction of sp³-hybridized carbons (Fsp3) is 0.154. The van der Waals surface area contributed by atoms with Crippen molar-refractivity contribution in [1.82, 2.24) is 4.72 Å². The minimum Gasteiger partial charge on any atom is -0.389 e. The third kappa shape index (κ3) is 3.65. The summed E-state index contributed by atoms with van der Waals surface area (Å²) in [6.07, 6.45) is 0. The summed E-state index contributed by atoms with van der Waals surface area (Å²) in [6, 6.07) is 4.81. The molecule has 0 aliphatic heterocycles. The minimum atomic E-state index is -3.79. The van der Waals surface area contributed by atoms with Crippen molar-refractivity contribution in [2.45, 2.75) is 17.9 Å². The van der Waals surface area contributed by atoms with Gasteiger partial charge in [-0.25, -0.2) is 17.5 Å².